The zero-order chi connectivity index (χ0) is 13.9. The summed E-state index contributed by atoms with van der Waals surface area (Å²) >= 11 is 3.22. The van der Waals surface area contributed by atoms with E-state index in [9.17, 15) is 8.42 Å². The summed E-state index contributed by atoms with van der Waals surface area (Å²) in [5.41, 5.74) is 0. The summed E-state index contributed by atoms with van der Waals surface area (Å²) in [6.45, 7) is 1.21. The van der Waals surface area contributed by atoms with Gasteiger partial charge in [-0.05, 0) is 31.0 Å². The Morgan fingerprint density at radius 3 is 2.89 bits per heavy atom. The first kappa shape index (κ1) is 14.8. The predicted molar refractivity (Wildman–Crippen MR) is 74.6 cm³/mol. The van der Waals surface area contributed by atoms with Crippen molar-refractivity contribution in [1.29, 1.82) is 0 Å². The van der Waals surface area contributed by atoms with E-state index in [1.807, 2.05) is 0 Å². The summed E-state index contributed by atoms with van der Waals surface area (Å²) < 4.78 is 34.6. The van der Waals surface area contributed by atoms with Gasteiger partial charge < -0.3 is 9.47 Å². The molecule has 1 aliphatic heterocycles. The lowest BCUT2D eigenvalue weighted by molar-refractivity contribution is 0.0899. The number of nitrogens with two attached hydrogens (primary N) is 1. The van der Waals surface area contributed by atoms with Crippen molar-refractivity contribution in [3.8, 4) is 5.75 Å². The maximum Gasteiger partial charge on any atom is 0.241 e. The molecule has 1 unspecified atom stereocenters. The standard InChI is InChI=1S/C12H16BrNO4S/c13-9-3-4-11(12(8-9)19(14,15)16)18-7-5-10-2-1-6-17-10/h3-4,8,10H,1-2,5-7H2,(H2,14,15,16). The number of hydrogen-bond donors (Lipinski definition) is 1. The minimum atomic E-state index is -3.79. The van der Waals surface area contributed by atoms with Gasteiger partial charge in [0, 0.05) is 17.5 Å². The third-order valence-corrected chi connectivity index (χ3v) is 4.36. The minimum absolute atomic E-state index is 0.00536. The second kappa shape index (κ2) is 6.21. The van der Waals surface area contributed by atoms with Gasteiger partial charge in [0.2, 0.25) is 10.0 Å². The van der Waals surface area contributed by atoms with Crippen molar-refractivity contribution >= 4 is 26.0 Å². The number of ether oxygens (including phenoxy) is 2. The Morgan fingerprint density at radius 2 is 2.26 bits per heavy atom. The van der Waals surface area contributed by atoms with Crippen LogP contribution in [0.5, 0.6) is 5.75 Å². The second-order valence-corrected chi connectivity index (χ2v) is 6.85. The van der Waals surface area contributed by atoms with E-state index >= 15 is 0 Å². The lowest BCUT2D eigenvalue weighted by Gasteiger charge is -2.13. The third-order valence-electron chi connectivity index (χ3n) is 2.93. The summed E-state index contributed by atoms with van der Waals surface area (Å²) in [5.74, 6) is 0.281. The van der Waals surface area contributed by atoms with Crippen molar-refractivity contribution in [2.75, 3.05) is 13.2 Å². The summed E-state index contributed by atoms with van der Waals surface area (Å²) in [4.78, 5) is -0.00536. The molecule has 0 aliphatic carbocycles. The van der Waals surface area contributed by atoms with Gasteiger partial charge in [0.05, 0.1) is 12.7 Å². The van der Waals surface area contributed by atoms with Crippen LogP contribution in [0.15, 0.2) is 27.6 Å². The van der Waals surface area contributed by atoms with Crippen LogP contribution >= 0.6 is 15.9 Å². The van der Waals surface area contributed by atoms with E-state index in [2.05, 4.69) is 15.9 Å². The molecule has 1 heterocycles. The molecule has 1 aromatic carbocycles. The van der Waals surface area contributed by atoms with Crippen molar-refractivity contribution in [3.05, 3.63) is 22.7 Å². The molecular weight excluding hydrogens is 334 g/mol. The molecule has 0 spiro atoms. The molecular formula is C12H16BrNO4S. The van der Waals surface area contributed by atoms with Crippen molar-refractivity contribution < 1.29 is 17.9 Å². The first-order chi connectivity index (χ1) is 8.97. The van der Waals surface area contributed by atoms with Crippen LogP contribution in [-0.2, 0) is 14.8 Å². The van der Waals surface area contributed by atoms with E-state index in [0.717, 1.165) is 25.9 Å². The van der Waals surface area contributed by atoms with Crippen LogP contribution in [0.2, 0.25) is 0 Å². The van der Waals surface area contributed by atoms with E-state index in [4.69, 9.17) is 14.6 Å². The molecule has 1 aliphatic rings. The number of primary sulfonamides is 1. The van der Waals surface area contributed by atoms with E-state index < -0.39 is 10.0 Å². The molecule has 2 rings (SSSR count). The van der Waals surface area contributed by atoms with Gasteiger partial charge in [0.25, 0.3) is 0 Å². The zero-order valence-corrected chi connectivity index (χ0v) is 12.7. The van der Waals surface area contributed by atoms with E-state index in [1.54, 1.807) is 12.1 Å². The quantitative estimate of drug-likeness (QED) is 0.882. The number of rotatable bonds is 5. The first-order valence-electron chi connectivity index (χ1n) is 6.03. The number of sulfonamides is 1. The fourth-order valence-corrected chi connectivity index (χ4v) is 3.21. The molecule has 0 aromatic heterocycles. The van der Waals surface area contributed by atoms with Gasteiger partial charge in [0.1, 0.15) is 10.6 Å². The lowest BCUT2D eigenvalue weighted by Crippen LogP contribution is -2.15. The normalized spacial score (nSPS) is 19.6. The highest BCUT2D eigenvalue weighted by Crippen LogP contribution is 2.27. The van der Waals surface area contributed by atoms with Crippen LogP contribution in [0, 0.1) is 0 Å². The first-order valence-corrected chi connectivity index (χ1v) is 8.37. The highest BCUT2D eigenvalue weighted by atomic mass is 79.9. The maximum atomic E-state index is 11.5. The average Bonchev–Trinajstić information content (AvgIpc) is 2.83. The molecule has 5 nitrogen and oxygen atoms in total. The molecule has 7 heteroatoms. The molecule has 1 atom stereocenters. The monoisotopic (exact) mass is 349 g/mol. The molecule has 1 saturated heterocycles. The minimum Gasteiger partial charge on any atom is -0.492 e. The molecule has 2 N–H and O–H groups in total. The van der Waals surface area contributed by atoms with E-state index in [0.29, 0.717) is 11.1 Å². The van der Waals surface area contributed by atoms with Crippen molar-refractivity contribution in [2.45, 2.75) is 30.3 Å². The number of hydrogen-bond acceptors (Lipinski definition) is 4. The Kier molecular flexibility index (Phi) is 4.83. The molecule has 1 fully saturated rings. The van der Waals surface area contributed by atoms with Crippen LogP contribution in [0.4, 0.5) is 0 Å². The van der Waals surface area contributed by atoms with E-state index in [1.165, 1.54) is 6.07 Å². The highest BCUT2D eigenvalue weighted by molar-refractivity contribution is 9.10. The van der Waals surface area contributed by atoms with Crippen molar-refractivity contribution in [2.24, 2.45) is 5.14 Å². The third kappa shape index (κ3) is 4.17. The van der Waals surface area contributed by atoms with Gasteiger partial charge in [-0.3, -0.25) is 0 Å². The average molecular weight is 350 g/mol. The van der Waals surface area contributed by atoms with Gasteiger partial charge in [0.15, 0.2) is 0 Å². The molecule has 1 aromatic rings. The van der Waals surface area contributed by atoms with Crippen LogP contribution in [0.3, 0.4) is 0 Å². The molecule has 19 heavy (non-hydrogen) atoms. The summed E-state index contributed by atoms with van der Waals surface area (Å²) in [6.07, 6.45) is 3.07. The smallest absolute Gasteiger partial charge is 0.241 e. The Labute approximate surface area is 121 Å². The fraction of sp³-hybridized carbons (Fsp3) is 0.500. The van der Waals surface area contributed by atoms with Gasteiger partial charge in [-0.1, -0.05) is 15.9 Å². The van der Waals surface area contributed by atoms with Crippen LogP contribution < -0.4 is 9.88 Å². The summed E-state index contributed by atoms with van der Waals surface area (Å²) in [5, 5.41) is 5.17. The predicted octanol–water partition coefficient (Wildman–Crippen LogP) is 2.04. The number of benzene rings is 1. The molecule has 0 saturated carbocycles. The Hall–Kier alpha value is -0.630. The van der Waals surface area contributed by atoms with Crippen LogP contribution in [0.1, 0.15) is 19.3 Å². The Balaban J connectivity index is 2.03. The van der Waals surface area contributed by atoms with Crippen molar-refractivity contribution in [3.63, 3.8) is 0 Å². The maximum absolute atomic E-state index is 11.5. The fourth-order valence-electron chi connectivity index (χ4n) is 2.00. The van der Waals surface area contributed by atoms with Gasteiger partial charge in [-0.15, -0.1) is 0 Å². The summed E-state index contributed by atoms with van der Waals surface area (Å²) in [6, 6.07) is 4.76. The van der Waals surface area contributed by atoms with Gasteiger partial charge >= 0.3 is 0 Å². The van der Waals surface area contributed by atoms with Crippen molar-refractivity contribution in [1.82, 2.24) is 0 Å². The van der Waals surface area contributed by atoms with Crippen LogP contribution in [-0.4, -0.2) is 27.7 Å². The summed E-state index contributed by atoms with van der Waals surface area (Å²) in [7, 11) is -3.79. The van der Waals surface area contributed by atoms with Gasteiger partial charge in [-0.25, -0.2) is 13.6 Å². The second-order valence-electron chi connectivity index (χ2n) is 4.41. The number of halogens is 1. The molecule has 106 valence electrons. The largest absolute Gasteiger partial charge is 0.492 e. The van der Waals surface area contributed by atoms with E-state index in [-0.39, 0.29) is 16.7 Å². The Morgan fingerprint density at radius 1 is 1.47 bits per heavy atom. The SMILES string of the molecule is NS(=O)(=O)c1cc(Br)ccc1OCCC1CCCO1. The highest BCUT2D eigenvalue weighted by Gasteiger charge is 2.18. The lowest BCUT2D eigenvalue weighted by atomic mass is 10.2. The Bertz CT molecular complexity index is 541. The molecule has 0 amide bonds. The van der Waals surface area contributed by atoms with Crippen LogP contribution in [0.25, 0.3) is 0 Å². The topological polar surface area (TPSA) is 78.6 Å². The van der Waals surface area contributed by atoms with Gasteiger partial charge in [-0.2, -0.15) is 0 Å². The zero-order valence-electron chi connectivity index (χ0n) is 10.3. The molecule has 0 radical (unpaired) electrons. The molecule has 0 bridgehead atoms.